The Balaban J connectivity index is 2.10. The van der Waals surface area contributed by atoms with Crippen molar-refractivity contribution in [1.82, 2.24) is 9.80 Å². The monoisotopic (exact) mass is 261 g/mol. The van der Waals surface area contributed by atoms with Gasteiger partial charge in [0.1, 0.15) is 5.82 Å². The Labute approximate surface area is 114 Å². The molecule has 2 N–H and O–H groups in total. The highest BCUT2D eigenvalue weighted by Gasteiger charge is 2.15. The third kappa shape index (κ3) is 4.03. The van der Waals surface area contributed by atoms with Crippen LogP contribution in [0.4, 0.5) is 4.39 Å². The van der Waals surface area contributed by atoms with Gasteiger partial charge < -0.3 is 10.6 Å². The van der Waals surface area contributed by atoms with E-state index < -0.39 is 0 Å². The largest absolute Gasteiger partial charge is 0.320 e. The third-order valence-corrected chi connectivity index (χ3v) is 3.39. The minimum atomic E-state index is -0.247. The van der Waals surface area contributed by atoms with E-state index >= 15 is 0 Å². The normalized spacial score (nSPS) is 17.0. The lowest BCUT2D eigenvalue weighted by atomic mass is 10.1. The molecule has 1 aromatic carbocycles. The highest BCUT2D eigenvalue weighted by molar-refractivity contribution is 5.41. The van der Waals surface area contributed by atoms with Crippen LogP contribution in [-0.2, 0) is 6.54 Å². The molecule has 0 saturated carbocycles. The quantitative estimate of drug-likeness (QED) is 0.802. The van der Waals surface area contributed by atoms with Crippen LogP contribution >= 0.6 is 0 Å². The Bertz CT molecular complexity index is 482. The molecule has 19 heavy (non-hydrogen) atoms. The molecule has 1 aliphatic heterocycles. The molecule has 3 nitrogen and oxygen atoms in total. The first kappa shape index (κ1) is 14.0. The average molecular weight is 261 g/mol. The highest BCUT2D eigenvalue weighted by Crippen LogP contribution is 2.14. The van der Waals surface area contributed by atoms with E-state index in [1.165, 1.54) is 12.1 Å². The van der Waals surface area contributed by atoms with E-state index in [1.54, 1.807) is 0 Å². The summed E-state index contributed by atoms with van der Waals surface area (Å²) in [5.41, 5.74) is 7.21. The van der Waals surface area contributed by atoms with Crippen LogP contribution in [0.5, 0.6) is 0 Å². The van der Waals surface area contributed by atoms with Crippen molar-refractivity contribution in [2.24, 2.45) is 5.73 Å². The van der Waals surface area contributed by atoms with Gasteiger partial charge in [0.15, 0.2) is 0 Å². The Morgan fingerprint density at radius 2 is 2.00 bits per heavy atom. The van der Waals surface area contributed by atoms with Crippen molar-refractivity contribution in [3.8, 4) is 11.8 Å². The van der Waals surface area contributed by atoms with Gasteiger partial charge in [0.25, 0.3) is 0 Å². The Kier molecular flexibility index (Phi) is 4.92. The fraction of sp³-hybridized carbons (Fsp3) is 0.467. The number of nitrogens with two attached hydrogens (primary N) is 1. The minimum Gasteiger partial charge on any atom is -0.320 e. The van der Waals surface area contributed by atoms with E-state index in [0.717, 1.165) is 43.9 Å². The standard InChI is InChI=1S/C15H20FN3/c1-18-7-9-19(10-8-18)12-14-4-5-15(16)11-13(14)3-2-6-17/h4-5,11H,6-10,12,17H2,1H3. The molecule has 0 radical (unpaired) electrons. The number of nitrogens with zero attached hydrogens (tertiary/aromatic N) is 2. The van der Waals surface area contributed by atoms with Gasteiger partial charge in [0.2, 0.25) is 0 Å². The maximum absolute atomic E-state index is 13.3. The topological polar surface area (TPSA) is 32.5 Å². The lowest BCUT2D eigenvalue weighted by molar-refractivity contribution is 0.148. The summed E-state index contributed by atoms with van der Waals surface area (Å²) in [4.78, 5) is 4.69. The van der Waals surface area contributed by atoms with Crippen molar-refractivity contribution in [3.05, 3.63) is 35.1 Å². The Hall–Kier alpha value is -1.41. The summed E-state index contributed by atoms with van der Waals surface area (Å²) in [6.07, 6.45) is 0. The van der Waals surface area contributed by atoms with Crippen molar-refractivity contribution < 1.29 is 4.39 Å². The van der Waals surface area contributed by atoms with Gasteiger partial charge in [-0.2, -0.15) is 0 Å². The van der Waals surface area contributed by atoms with E-state index in [9.17, 15) is 4.39 Å². The summed E-state index contributed by atoms with van der Waals surface area (Å²) >= 11 is 0. The number of hydrogen-bond acceptors (Lipinski definition) is 3. The average Bonchev–Trinajstić information content (AvgIpc) is 2.41. The Morgan fingerprint density at radius 3 is 2.68 bits per heavy atom. The smallest absolute Gasteiger partial charge is 0.124 e. The summed E-state index contributed by atoms with van der Waals surface area (Å²) < 4.78 is 13.3. The van der Waals surface area contributed by atoms with E-state index in [0.29, 0.717) is 6.54 Å². The van der Waals surface area contributed by atoms with Gasteiger partial charge in [-0.15, -0.1) is 0 Å². The van der Waals surface area contributed by atoms with Crippen molar-refractivity contribution in [2.75, 3.05) is 39.8 Å². The molecule has 0 spiro atoms. The van der Waals surface area contributed by atoms with E-state index in [4.69, 9.17) is 5.73 Å². The number of rotatable bonds is 2. The molecule has 1 aromatic rings. The Morgan fingerprint density at radius 1 is 1.26 bits per heavy atom. The van der Waals surface area contributed by atoms with E-state index in [-0.39, 0.29) is 5.82 Å². The summed E-state index contributed by atoms with van der Waals surface area (Å²) in [5, 5.41) is 0. The molecule has 0 bridgehead atoms. The van der Waals surface area contributed by atoms with Crippen molar-refractivity contribution in [2.45, 2.75) is 6.54 Å². The van der Waals surface area contributed by atoms with Crippen LogP contribution in [-0.4, -0.2) is 49.6 Å². The zero-order valence-electron chi connectivity index (χ0n) is 11.3. The molecule has 1 fully saturated rings. The molecule has 1 heterocycles. The van der Waals surface area contributed by atoms with Crippen molar-refractivity contribution in [3.63, 3.8) is 0 Å². The number of benzene rings is 1. The van der Waals surface area contributed by atoms with E-state index in [2.05, 4.69) is 28.7 Å². The molecule has 0 unspecified atom stereocenters. The molecule has 0 aromatic heterocycles. The highest BCUT2D eigenvalue weighted by atomic mass is 19.1. The summed E-state index contributed by atoms with van der Waals surface area (Å²) in [6, 6.07) is 4.82. The zero-order chi connectivity index (χ0) is 13.7. The van der Waals surface area contributed by atoms with Crippen LogP contribution in [0.3, 0.4) is 0 Å². The van der Waals surface area contributed by atoms with Gasteiger partial charge in [0.05, 0.1) is 6.54 Å². The van der Waals surface area contributed by atoms with Crippen LogP contribution in [0.25, 0.3) is 0 Å². The maximum Gasteiger partial charge on any atom is 0.124 e. The molecule has 1 aliphatic rings. The van der Waals surface area contributed by atoms with Crippen LogP contribution in [0.2, 0.25) is 0 Å². The third-order valence-electron chi connectivity index (χ3n) is 3.39. The molecule has 4 heteroatoms. The first-order valence-electron chi connectivity index (χ1n) is 6.57. The molecule has 0 amide bonds. The van der Waals surface area contributed by atoms with Crippen molar-refractivity contribution in [1.29, 1.82) is 0 Å². The van der Waals surface area contributed by atoms with Crippen LogP contribution in [0.15, 0.2) is 18.2 Å². The fourth-order valence-corrected chi connectivity index (χ4v) is 2.20. The van der Waals surface area contributed by atoms with Crippen LogP contribution in [0.1, 0.15) is 11.1 Å². The van der Waals surface area contributed by atoms with Gasteiger partial charge in [-0.3, -0.25) is 4.90 Å². The molecule has 0 aliphatic carbocycles. The lowest BCUT2D eigenvalue weighted by Gasteiger charge is -2.32. The number of likely N-dealkylation sites (N-methyl/N-ethyl adjacent to an activating group) is 1. The second-order valence-electron chi connectivity index (χ2n) is 4.89. The SMILES string of the molecule is CN1CCN(Cc2ccc(F)cc2C#CCN)CC1. The summed E-state index contributed by atoms with van der Waals surface area (Å²) in [7, 11) is 2.13. The molecule has 2 rings (SSSR count). The molecular formula is C15H20FN3. The van der Waals surface area contributed by atoms with Gasteiger partial charge in [-0.05, 0) is 24.7 Å². The second kappa shape index (κ2) is 6.67. The van der Waals surface area contributed by atoms with Crippen molar-refractivity contribution >= 4 is 0 Å². The second-order valence-corrected chi connectivity index (χ2v) is 4.89. The maximum atomic E-state index is 13.3. The number of piperazine rings is 1. The zero-order valence-corrected chi connectivity index (χ0v) is 11.3. The fourth-order valence-electron chi connectivity index (χ4n) is 2.20. The molecule has 0 atom stereocenters. The van der Waals surface area contributed by atoms with E-state index in [1.807, 2.05) is 6.07 Å². The number of hydrogen-bond donors (Lipinski definition) is 1. The predicted octanol–water partition coefficient (Wildman–Crippen LogP) is 0.883. The first-order valence-corrected chi connectivity index (χ1v) is 6.57. The van der Waals surface area contributed by atoms with Gasteiger partial charge in [0, 0.05) is 38.3 Å². The van der Waals surface area contributed by atoms with Gasteiger partial charge >= 0.3 is 0 Å². The molecular weight excluding hydrogens is 241 g/mol. The minimum absolute atomic E-state index is 0.247. The van der Waals surface area contributed by atoms with Gasteiger partial charge in [-0.1, -0.05) is 17.9 Å². The molecule has 1 saturated heterocycles. The summed E-state index contributed by atoms with van der Waals surface area (Å²) in [6.45, 7) is 5.35. The number of halogens is 1. The molecule has 102 valence electrons. The van der Waals surface area contributed by atoms with Crippen LogP contribution in [0, 0.1) is 17.7 Å². The van der Waals surface area contributed by atoms with Gasteiger partial charge in [-0.25, -0.2) is 4.39 Å². The van der Waals surface area contributed by atoms with Crippen LogP contribution < -0.4 is 5.73 Å². The first-order chi connectivity index (χ1) is 9.19. The lowest BCUT2D eigenvalue weighted by Crippen LogP contribution is -2.43. The summed E-state index contributed by atoms with van der Waals surface area (Å²) in [5.74, 6) is 5.51. The predicted molar refractivity (Wildman–Crippen MR) is 75.1 cm³/mol.